The van der Waals surface area contributed by atoms with Gasteiger partial charge in [0.1, 0.15) is 0 Å². The second-order valence-electron chi connectivity index (χ2n) is 5.63. The van der Waals surface area contributed by atoms with Gasteiger partial charge in [-0.1, -0.05) is 36.0 Å². The van der Waals surface area contributed by atoms with Crippen molar-refractivity contribution in [2.24, 2.45) is 0 Å². The predicted octanol–water partition coefficient (Wildman–Crippen LogP) is 4.77. The molecule has 5 nitrogen and oxygen atoms in total. The standard InChI is InChI=1S/C18H16N4OS/c1-11-8-9-14-15(10-11)20-18(19-14)24-12(2)16-21-22-17(23-16)13-6-4-3-5-7-13/h3-10,12H,1-2H3,(H,19,20). The van der Waals surface area contributed by atoms with Gasteiger partial charge in [0.2, 0.25) is 11.8 Å². The second-order valence-corrected chi connectivity index (χ2v) is 6.96. The predicted molar refractivity (Wildman–Crippen MR) is 94.8 cm³/mol. The van der Waals surface area contributed by atoms with Crippen LogP contribution < -0.4 is 0 Å². The van der Waals surface area contributed by atoms with Crippen LogP contribution in [0, 0.1) is 6.92 Å². The van der Waals surface area contributed by atoms with E-state index in [1.165, 1.54) is 5.56 Å². The zero-order valence-electron chi connectivity index (χ0n) is 13.4. The first kappa shape index (κ1) is 15.0. The quantitative estimate of drug-likeness (QED) is 0.543. The van der Waals surface area contributed by atoms with E-state index in [1.807, 2.05) is 43.3 Å². The fourth-order valence-corrected chi connectivity index (χ4v) is 3.32. The highest BCUT2D eigenvalue weighted by molar-refractivity contribution is 7.99. The summed E-state index contributed by atoms with van der Waals surface area (Å²) in [4.78, 5) is 7.94. The third kappa shape index (κ3) is 2.92. The number of fused-ring (bicyclic) bond motifs is 1. The largest absolute Gasteiger partial charge is 0.419 e. The summed E-state index contributed by atoms with van der Waals surface area (Å²) in [5.74, 6) is 1.13. The van der Waals surface area contributed by atoms with Crippen LogP contribution in [0.4, 0.5) is 0 Å². The van der Waals surface area contributed by atoms with Gasteiger partial charge in [-0.3, -0.25) is 0 Å². The number of nitrogens with one attached hydrogen (secondary N) is 1. The van der Waals surface area contributed by atoms with Crippen molar-refractivity contribution in [3.63, 3.8) is 0 Å². The number of benzene rings is 2. The molecule has 1 unspecified atom stereocenters. The third-order valence-corrected chi connectivity index (χ3v) is 4.68. The Labute approximate surface area is 143 Å². The van der Waals surface area contributed by atoms with Gasteiger partial charge in [-0.05, 0) is 43.7 Å². The Morgan fingerprint density at radius 1 is 1.08 bits per heavy atom. The van der Waals surface area contributed by atoms with Crippen molar-refractivity contribution < 1.29 is 4.42 Å². The van der Waals surface area contributed by atoms with E-state index in [2.05, 4.69) is 39.2 Å². The minimum absolute atomic E-state index is 0.0108. The number of H-pyrrole nitrogens is 1. The number of hydrogen-bond acceptors (Lipinski definition) is 5. The fourth-order valence-electron chi connectivity index (χ4n) is 2.47. The van der Waals surface area contributed by atoms with Crippen LogP contribution in [0.5, 0.6) is 0 Å². The molecule has 4 aromatic rings. The molecule has 0 saturated heterocycles. The number of aromatic amines is 1. The first-order chi connectivity index (χ1) is 11.7. The van der Waals surface area contributed by atoms with Crippen molar-refractivity contribution in [2.75, 3.05) is 0 Å². The van der Waals surface area contributed by atoms with Crippen molar-refractivity contribution in [2.45, 2.75) is 24.3 Å². The fraction of sp³-hybridized carbons (Fsp3) is 0.167. The molecule has 0 bridgehead atoms. The summed E-state index contributed by atoms with van der Waals surface area (Å²) in [5.41, 5.74) is 4.14. The lowest BCUT2D eigenvalue weighted by atomic mass is 10.2. The molecular formula is C18H16N4OS. The molecule has 120 valence electrons. The van der Waals surface area contributed by atoms with Crippen LogP contribution in [-0.4, -0.2) is 20.2 Å². The maximum absolute atomic E-state index is 5.81. The Bertz CT molecular complexity index is 977. The van der Waals surface area contributed by atoms with Crippen LogP contribution in [-0.2, 0) is 0 Å². The molecule has 6 heteroatoms. The van der Waals surface area contributed by atoms with Gasteiger partial charge in [0.15, 0.2) is 5.16 Å². The molecule has 0 radical (unpaired) electrons. The number of aryl methyl sites for hydroxylation is 1. The lowest BCUT2D eigenvalue weighted by Crippen LogP contribution is -1.89. The summed E-state index contributed by atoms with van der Waals surface area (Å²) in [6.07, 6.45) is 0. The van der Waals surface area contributed by atoms with Crippen molar-refractivity contribution >= 4 is 22.8 Å². The molecule has 0 fully saturated rings. The van der Waals surface area contributed by atoms with E-state index in [9.17, 15) is 0 Å². The molecule has 0 spiro atoms. The lowest BCUT2D eigenvalue weighted by molar-refractivity contribution is 0.509. The lowest BCUT2D eigenvalue weighted by Gasteiger charge is -2.02. The normalized spacial score (nSPS) is 12.6. The smallest absolute Gasteiger partial charge is 0.247 e. The van der Waals surface area contributed by atoms with Crippen molar-refractivity contribution in [1.29, 1.82) is 0 Å². The van der Waals surface area contributed by atoms with Gasteiger partial charge in [0, 0.05) is 5.56 Å². The molecule has 0 aliphatic carbocycles. The molecule has 2 aromatic heterocycles. The molecule has 0 amide bonds. The summed E-state index contributed by atoms with van der Waals surface area (Å²) in [6.45, 7) is 4.10. The average molecular weight is 336 g/mol. The highest BCUT2D eigenvalue weighted by Gasteiger charge is 2.18. The summed E-state index contributed by atoms with van der Waals surface area (Å²) in [5, 5.41) is 9.18. The molecular weight excluding hydrogens is 320 g/mol. The number of nitrogens with zero attached hydrogens (tertiary/aromatic N) is 3. The maximum atomic E-state index is 5.81. The molecule has 1 N–H and O–H groups in total. The van der Waals surface area contributed by atoms with E-state index in [0.29, 0.717) is 11.8 Å². The zero-order chi connectivity index (χ0) is 16.5. The van der Waals surface area contributed by atoms with Crippen LogP contribution in [0.15, 0.2) is 58.1 Å². The van der Waals surface area contributed by atoms with Crippen LogP contribution in [0.3, 0.4) is 0 Å². The Hall–Kier alpha value is -2.60. The van der Waals surface area contributed by atoms with Crippen molar-refractivity contribution in [1.82, 2.24) is 20.2 Å². The summed E-state index contributed by atoms with van der Waals surface area (Å²) in [7, 11) is 0. The molecule has 0 saturated carbocycles. The van der Waals surface area contributed by atoms with Gasteiger partial charge < -0.3 is 9.40 Å². The van der Waals surface area contributed by atoms with Crippen molar-refractivity contribution in [3.05, 3.63) is 60.0 Å². The highest BCUT2D eigenvalue weighted by Crippen LogP contribution is 2.34. The molecule has 0 aliphatic rings. The number of rotatable bonds is 4. The number of hydrogen-bond donors (Lipinski definition) is 1. The van der Waals surface area contributed by atoms with Crippen LogP contribution in [0.1, 0.15) is 23.6 Å². The number of thioether (sulfide) groups is 1. The molecule has 4 rings (SSSR count). The third-order valence-electron chi connectivity index (χ3n) is 3.71. The monoisotopic (exact) mass is 336 g/mol. The van der Waals surface area contributed by atoms with Gasteiger partial charge in [0.25, 0.3) is 0 Å². The Kier molecular flexibility index (Phi) is 3.82. The van der Waals surface area contributed by atoms with Gasteiger partial charge in [-0.2, -0.15) is 0 Å². The van der Waals surface area contributed by atoms with E-state index in [4.69, 9.17) is 4.42 Å². The van der Waals surface area contributed by atoms with Crippen molar-refractivity contribution in [3.8, 4) is 11.5 Å². The first-order valence-electron chi connectivity index (χ1n) is 7.71. The van der Waals surface area contributed by atoms with Gasteiger partial charge in [-0.25, -0.2) is 4.98 Å². The topological polar surface area (TPSA) is 67.6 Å². The van der Waals surface area contributed by atoms with Gasteiger partial charge in [-0.15, -0.1) is 10.2 Å². The summed E-state index contributed by atoms with van der Waals surface area (Å²) >= 11 is 1.57. The second kappa shape index (κ2) is 6.13. The minimum atomic E-state index is 0.0108. The Morgan fingerprint density at radius 2 is 1.92 bits per heavy atom. The summed E-state index contributed by atoms with van der Waals surface area (Å²) in [6, 6.07) is 16.0. The van der Waals surface area contributed by atoms with E-state index < -0.39 is 0 Å². The average Bonchev–Trinajstić information content (AvgIpc) is 3.22. The van der Waals surface area contributed by atoms with E-state index >= 15 is 0 Å². The van der Waals surface area contributed by atoms with E-state index in [0.717, 1.165) is 21.8 Å². The molecule has 0 aliphatic heterocycles. The molecule has 24 heavy (non-hydrogen) atoms. The van der Waals surface area contributed by atoms with E-state index in [1.54, 1.807) is 11.8 Å². The molecule has 2 heterocycles. The highest BCUT2D eigenvalue weighted by atomic mass is 32.2. The van der Waals surface area contributed by atoms with Gasteiger partial charge >= 0.3 is 0 Å². The van der Waals surface area contributed by atoms with E-state index in [-0.39, 0.29) is 5.25 Å². The summed E-state index contributed by atoms with van der Waals surface area (Å²) < 4.78 is 5.81. The Morgan fingerprint density at radius 3 is 2.75 bits per heavy atom. The minimum Gasteiger partial charge on any atom is -0.419 e. The zero-order valence-corrected chi connectivity index (χ0v) is 14.2. The van der Waals surface area contributed by atoms with Crippen LogP contribution in [0.25, 0.3) is 22.5 Å². The van der Waals surface area contributed by atoms with Crippen LogP contribution in [0.2, 0.25) is 0 Å². The SMILES string of the molecule is Cc1ccc2nc(SC(C)c3nnc(-c4ccccc4)o3)[nH]c2c1. The van der Waals surface area contributed by atoms with Gasteiger partial charge in [0.05, 0.1) is 16.3 Å². The van der Waals surface area contributed by atoms with Crippen LogP contribution >= 0.6 is 11.8 Å². The molecule has 2 aromatic carbocycles. The molecule has 1 atom stereocenters. The number of aromatic nitrogens is 4. The Balaban J connectivity index is 1.55. The number of imidazole rings is 1. The first-order valence-corrected chi connectivity index (χ1v) is 8.59. The maximum Gasteiger partial charge on any atom is 0.247 e.